The zero-order chi connectivity index (χ0) is 16.4. The largest absolute Gasteiger partial charge is 0.324 e. The number of rotatable bonds is 3. The molecule has 122 valence electrons. The van der Waals surface area contributed by atoms with Crippen molar-refractivity contribution in [2.24, 2.45) is 0 Å². The number of carbonyl (C=O) groups is 1. The standard InChI is InChI=1S/C16H18ClFN4O/c1-10-8-15(22(21-10)12-4-2-3-5-12)20-16(23)19-11-6-7-14(18)13(17)9-11/h6-9,12H,2-5H2,1H3,(H2,19,20,23). The van der Waals surface area contributed by atoms with Gasteiger partial charge in [0, 0.05) is 11.8 Å². The maximum absolute atomic E-state index is 13.1. The highest BCUT2D eigenvalue weighted by atomic mass is 35.5. The summed E-state index contributed by atoms with van der Waals surface area (Å²) in [6.07, 6.45) is 4.52. The van der Waals surface area contributed by atoms with Crippen LogP contribution in [0.4, 0.5) is 20.7 Å². The average Bonchev–Trinajstić information content (AvgIpc) is 3.12. The van der Waals surface area contributed by atoms with Gasteiger partial charge in [-0.05, 0) is 38.0 Å². The lowest BCUT2D eigenvalue weighted by Gasteiger charge is -2.15. The van der Waals surface area contributed by atoms with Gasteiger partial charge in [0.25, 0.3) is 0 Å². The van der Waals surface area contributed by atoms with Crippen molar-refractivity contribution in [1.82, 2.24) is 9.78 Å². The molecule has 7 heteroatoms. The van der Waals surface area contributed by atoms with E-state index in [0.717, 1.165) is 18.5 Å². The molecule has 23 heavy (non-hydrogen) atoms. The summed E-state index contributed by atoms with van der Waals surface area (Å²) >= 11 is 5.71. The molecule has 0 saturated heterocycles. The summed E-state index contributed by atoms with van der Waals surface area (Å²) in [4.78, 5) is 12.2. The highest BCUT2D eigenvalue weighted by Crippen LogP contribution is 2.31. The van der Waals surface area contributed by atoms with E-state index >= 15 is 0 Å². The molecule has 0 spiro atoms. The van der Waals surface area contributed by atoms with Gasteiger partial charge in [-0.3, -0.25) is 5.32 Å². The average molecular weight is 337 g/mol. The van der Waals surface area contributed by atoms with E-state index < -0.39 is 11.8 Å². The Bertz CT molecular complexity index is 725. The highest BCUT2D eigenvalue weighted by molar-refractivity contribution is 6.31. The molecule has 2 N–H and O–H groups in total. The number of nitrogens with zero attached hydrogens (tertiary/aromatic N) is 2. The molecular formula is C16H18ClFN4O. The van der Waals surface area contributed by atoms with Crippen molar-refractivity contribution in [2.75, 3.05) is 10.6 Å². The van der Waals surface area contributed by atoms with E-state index in [2.05, 4.69) is 15.7 Å². The first-order valence-corrected chi connectivity index (χ1v) is 8.00. The predicted molar refractivity (Wildman–Crippen MR) is 88.5 cm³/mol. The summed E-state index contributed by atoms with van der Waals surface area (Å²) in [5.41, 5.74) is 1.29. The number of hydrogen-bond acceptors (Lipinski definition) is 2. The lowest BCUT2D eigenvalue weighted by Crippen LogP contribution is -2.22. The number of benzene rings is 1. The summed E-state index contributed by atoms with van der Waals surface area (Å²) in [6.45, 7) is 1.90. The van der Waals surface area contributed by atoms with Crippen LogP contribution >= 0.6 is 11.6 Å². The van der Waals surface area contributed by atoms with Crippen molar-refractivity contribution < 1.29 is 9.18 Å². The number of aryl methyl sites for hydroxylation is 1. The van der Waals surface area contributed by atoms with Gasteiger partial charge in [0.05, 0.1) is 16.8 Å². The summed E-state index contributed by atoms with van der Waals surface area (Å²) in [5, 5.41) is 9.90. The lowest BCUT2D eigenvalue weighted by molar-refractivity contribution is 0.262. The van der Waals surface area contributed by atoms with Crippen LogP contribution in [0.1, 0.15) is 37.4 Å². The molecule has 1 aromatic carbocycles. The number of carbonyl (C=O) groups excluding carboxylic acids is 1. The Hall–Kier alpha value is -2.08. The van der Waals surface area contributed by atoms with Crippen molar-refractivity contribution in [3.05, 3.63) is 40.8 Å². The van der Waals surface area contributed by atoms with Gasteiger partial charge in [-0.2, -0.15) is 5.10 Å². The number of urea groups is 1. The van der Waals surface area contributed by atoms with Crippen molar-refractivity contribution in [2.45, 2.75) is 38.6 Å². The van der Waals surface area contributed by atoms with Crippen LogP contribution in [0.2, 0.25) is 5.02 Å². The van der Waals surface area contributed by atoms with E-state index in [1.807, 2.05) is 17.7 Å². The summed E-state index contributed by atoms with van der Waals surface area (Å²) < 4.78 is 15.0. The van der Waals surface area contributed by atoms with Crippen LogP contribution in [0, 0.1) is 12.7 Å². The molecule has 1 aromatic heterocycles. The Labute approximate surface area is 138 Å². The molecule has 1 saturated carbocycles. The SMILES string of the molecule is Cc1cc(NC(=O)Nc2ccc(F)c(Cl)c2)n(C2CCCC2)n1. The molecule has 0 unspecified atom stereocenters. The minimum Gasteiger partial charge on any atom is -0.308 e. The van der Waals surface area contributed by atoms with Gasteiger partial charge in [0.1, 0.15) is 11.6 Å². The van der Waals surface area contributed by atoms with Crippen LogP contribution in [0.5, 0.6) is 0 Å². The Kier molecular flexibility index (Phi) is 4.52. The summed E-state index contributed by atoms with van der Waals surface area (Å²) in [5.74, 6) is 0.146. The normalized spacial score (nSPS) is 14.9. The van der Waals surface area contributed by atoms with Crippen molar-refractivity contribution in [3.63, 3.8) is 0 Å². The van der Waals surface area contributed by atoms with E-state index in [1.165, 1.54) is 31.0 Å². The van der Waals surface area contributed by atoms with Gasteiger partial charge in [-0.15, -0.1) is 0 Å². The molecule has 3 rings (SSSR count). The first kappa shape index (κ1) is 15.8. The third-order valence-electron chi connectivity index (χ3n) is 3.95. The molecule has 0 aliphatic heterocycles. The van der Waals surface area contributed by atoms with E-state index in [0.29, 0.717) is 17.5 Å². The lowest BCUT2D eigenvalue weighted by atomic mass is 10.2. The van der Waals surface area contributed by atoms with Crippen molar-refractivity contribution in [1.29, 1.82) is 0 Å². The fraction of sp³-hybridized carbons (Fsp3) is 0.375. The van der Waals surface area contributed by atoms with Crippen LogP contribution in [0.15, 0.2) is 24.3 Å². The molecule has 1 aliphatic rings. The molecule has 1 aliphatic carbocycles. The molecule has 0 atom stereocenters. The van der Waals surface area contributed by atoms with Gasteiger partial charge in [0.2, 0.25) is 0 Å². The Morgan fingerprint density at radius 1 is 1.30 bits per heavy atom. The monoisotopic (exact) mass is 336 g/mol. The topological polar surface area (TPSA) is 59.0 Å². The summed E-state index contributed by atoms with van der Waals surface area (Å²) in [6, 6.07) is 5.81. The Morgan fingerprint density at radius 2 is 2.04 bits per heavy atom. The van der Waals surface area contributed by atoms with Gasteiger partial charge in [-0.1, -0.05) is 24.4 Å². The number of amides is 2. The van der Waals surface area contributed by atoms with E-state index in [9.17, 15) is 9.18 Å². The van der Waals surface area contributed by atoms with Crippen molar-refractivity contribution in [3.8, 4) is 0 Å². The zero-order valence-corrected chi connectivity index (χ0v) is 13.5. The summed E-state index contributed by atoms with van der Waals surface area (Å²) in [7, 11) is 0. The fourth-order valence-corrected chi connectivity index (χ4v) is 3.07. The van der Waals surface area contributed by atoms with Gasteiger partial charge in [0.15, 0.2) is 0 Å². The van der Waals surface area contributed by atoms with Crippen LogP contribution in [0.25, 0.3) is 0 Å². The fourth-order valence-electron chi connectivity index (χ4n) is 2.89. The molecule has 2 aromatic rings. The number of hydrogen-bond donors (Lipinski definition) is 2. The second kappa shape index (κ2) is 6.58. The minimum absolute atomic E-state index is 0.0327. The Morgan fingerprint density at radius 3 is 2.74 bits per heavy atom. The maximum Gasteiger partial charge on any atom is 0.324 e. The predicted octanol–water partition coefficient (Wildman–Crippen LogP) is 4.74. The van der Waals surface area contributed by atoms with Crippen LogP contribution < -0.4 is 10.6 Å². The maximum atomic E-state index is 13.1. The quantitative estimate of drug-likeness (QED) is 0.850. The molecular weight excluding hydrogens is 319 g/mol. The second-order valence-electron chi connectivity index (χ2n) is 5.76. The molecule has 5 nitrogen and oxygen atoms in total. The van der Waals surface area contributed by atoms with Crippen molar-refractivity contribution >= 4 is 29.1 Å². The number of aromatic nitrogens is 2. The van der Waals surface area contributed by atoms with Crippen LogP contribution in [-0.2, 0) is 0 Å². The number of anilines is 2. The molecule has 0 radical (unpaired) electrons. The highest BCUT2D eigenvalue weighted by Gasteiger charge is 2.21. The van der Waals surface area contributed by atoms with Gasteiger partial charge in [-0.25, -0.2) is 13.9 Å². The number of halogens is 2. The van der Waals surface area contributed by atoms with Crippen LogP contribution in [-0.4, -0.2) is 15.8 Å². The third kappa shape index (κ3) is 3.64. The van der Waals surface area contributed by atoms with Gasteiger partial charge < -0.3 is 5.32 Å². The molecule has 2 amide bonds. The Balaban J connectivity index is 1.71. The molecule has 1 fully saturated rings. The van der Waals surface area contributed by atoms with Crippen LogP contribution in [0.3, 0.4) is 0 Å². The molecule has 0 bridgehead atoms. The first-order chi connectivity index (χ1) is 11.0. The third-order valence-corrected chi connectivity index (χ3v) is 4.24. The van der Waals surface area contributed by atoms with E-state index in [-0.39, 0.29) is 5.02 Å². The zero-order valence-electron chi connectivity index (χ0n) is 12.8. The first-order valence-electron chi connectivity index (χ1n) is 7.62. The number of nitrogens with one attached hydrogen (secondary N) is 2. The van der Waals surface area contributed by atoms with Gasteiger partial charge >= 0.3 is 6.03 Å². The minimum atomic E-state index is -0.521. The molecule has 1 heterocycles. The smallest absolute Gasteiger partial charge is 0.308 e. The van der Waals surface area contributed by atoms with E-state index in [4.69, 9.17) is 11.6 Å². The second-order valence-corrected chi connectivity index (χ2v) is 6.17. The van der Waals surface area contributed by atoms with E-state index in [1.54, 1.807) is 0 Å².